The van der Waals surface area contributed by atoms with Crippen LogP contribution in [0, 0.1) is 10.1 Å². The number of hydrogen-bond donors (Lipinski definition) is 1. The highest BCUT2D eigenvalue weighted by Gasteiger charge is 2.16. The van der Waals surface area contributed by atoms with Crippen LogP contribution in [0.25, 0.3) is 0 Å². The molecule has 0 amide bonds. The molecule has 1 aromatic rings. The Kier molecular flexibility index (Phi) is 3.41. The molecule has 0 saturated carbocycles. The van der Waals surface area contributed by atoms with Gasteiger partial charge in [0.15, 0.2) is 0 Å². The monoisotopic (exact) mass is 200 g/mol. The summed E-state index contributed by atoms with van der Waals surface area (Å²) >= 11 is 0. The van der Waals surface area contributed by atoms with Crippen molar-refractivity contribution >= 4 is 11.5 Å². The summed E-state index contributed by atoms with van der Waals surface area (Å²) in [6.07, 6.45) is 1.14. The molecule has 0 aliphatic rings. The van der Waals surface area contributed by atoms with Gasteiger partial charge in [-0.3, -0.25) is 10.1 Å². The molecule has 0 saturated heterocycles. The molecule has 0 spiro atoms. The molecule has 0 atom stereocenters. The van der Waals surface area contributed by atoms with E-state index in [1.807, 2.05) is 6.92 Å². The van der Waals surface area contributed by atoms with Gasteiger partial charge in [0.25, 0.3) is 0 Å². The van der Waals surface area contributed by atoms with Crippen LogP contribution in [0.4, 0.5) is 11.5 Å². The van der Waals surface area contributed by atoms with E-state index in [0.29, 0.717) is 19.8 Å². The zero-order chi connectivity index (χ0) is 10.6. The fraction of sp³-hybridized carbons (Fsp3) is 0.571. The molecular formula is C7H12N4O3. The standard InChI is InChI=1S/C7H12N4O3/c1-2-14-4-3-10-7(8)6(5-9-10)11(12)13/h5H,2-4,8H2,1H3. The highest BCUT2D eigenvalue weighted by Crippen LogP contribution is 2.19. The van der Waals surface area contributed by atoms with Gasteiger partial charge in [0, 0.05) is 6.61 Å². The first-order valence-electron chi connectivity index (χ1n) is 4.20. The lowest BCUT2D eigenvalue weighted by Crippen LogP contribution is -2.10. The van der Waals surface area contributed by atoms with E-state index >= 15 is 0 Å². The summed E-state index contributed by atoms with van der Waals surface area (Å²) < 4.78 is 6.43. The van der Waals surface area contributed by atoms with E-state index < -0.39 is 4.92 Å². The third-order valence-electron chi connectivity index (χ3n) is 1.71. The lowest BCUT2D eigenvalue weighted by molar-refractivity contribution is -0.384. The number of rotatable bonds is 5. The second kappa shape index (κ2) is 4.56. The maximum absolute atomic E-state index is 10.4. The van der Waals surface area contributed by atoms with Gasteiger partial charge in [0.2, 0.25) is 5.82 Å². The zero-order valence-electron chi connectivity index (χ0n) is 7.84. The Hall–Kier alpha value is -1.63. The smallest absolute Gasteiger partial charge is 0.330 e. The molecule has 0 fully saturated rings. The van der Waals surface area contributed by atoms with Crippen LogP contribution in [0.15, 0.2) is 6.20 Å². The Balaban J connectivity index is 2.65. The molecule has 1 rings (SSSR count). The van der Waals surface area contributed by atoms with Gasteiger partial charge in [-0.25, -0.2) is 4.68 Å². The van der Waals surface area contributed by atoms with Gasteiger partial charge in [0.05, 0.1) is 18.1 Å². The van der Waals surface area contributed by atoms with E-state index in [1.165, 1.54) is 4.68 Å². The zero-order valence-corrected chi connectivity index (χ0v) is 7.84. The van der Waals surface area contributed by atoms with Gasteiger partial charge >= 0.3 is 5.69 Å². The van der Waals surface area contributed by atoms with Gasteiger partial charge in [-0.2, -0.15) is 5.10 Å². The van der Waals surface area contributed by atoms with E-state index in [1.54, 1.807) is 0 Å². The van der Waals surface area contributed by atoms with Crippen molar-refractivity contribution in [2.24, 2.45) is 0 Å². The van der Waals surface area contributed by atoms with Gasteiger partial charge in [-0.15, -0.1) is 0 Å². The predicted octanol–water partition coefficient (Wildman–Crippen LogP) is 0.410. The molecule has 0 aliphatic carbocycles. The number of nitrogen functional groups attached to an aromatic ring is 1. The van der Waals surface area contributed by atoms with Gasteiger partial charge in [-0.1, -0.05) is 0 Å². The minimum atomic E-state index is -0.556. The van der Waals surface area contributed by atoms with Gasteiger partial charge < -0.3 is 10.5 Å². The van der Waals surface area contributed by atoms with Crippen molar-refractivity contribution in [1.29, 1.82) is 0 Å². The fourth-order valence-corrected chi connectivity index (χ4v) is 0.999. The Morgan fingerprint density at radius 3 is 3.00 bits per heavy atom. The van der Waals surface area contributed by atoms with Crippen molar-refractivity contribution in [2.45, 2.75) is 13.5 Å². The van der Waals surface area contributed by atoms with Crippen LogP contribution in [0.1, 0.15) is 6.92 Å². The number of nitro groups is 1. The molecule has 7 nitrogen and oxygen atoms in total. The molecule has 1 heterocycles. The minimum Gasteiger partial charge on any atom is -0.380 e. The van der Waals surface area contributed by atoms with E-state index in [0.717, 1.165) is 6.20 Å². The van der Waals surface area contributed by atoms with Gasteiger partial charge in [0.1, 0.15) is 6.20 Å². The molecule has 78 valence electrons. The SMILES string of the molecule is CCOCCn1ncc([N+](=O)[O-])c1N. The molecule has 14 heavy (non-hydrogen) atoms. The van der Waals surface area contributed by atoms with Crippen LogP contribution in [-0.4, -0.2) is 27.9 Å². The normalized spacial score (nSPS) is 10.4. The maximum atomic E-state index is 10.4. The average Bonchev–Trinajstić information content (AvgIpc) is 2.48. The second-order valence-corrected chi connectivity index (χ2v) is 2.59. The lowest BCUT2D eigenvalue weighted by atomic mass is 10.5. The number of anilines is 1. The van der Waals surface area contributed by atoms with Crippen molar-refractivity contribution < 1.29 is 9.66 Å². The molecule has 0 radical (unpaired) electrons. The van der Waals surface area contributed by atoms with Crippen molar-refractivity contribution in [3.63, 3.8) is 0 Å². The van der Waals surface area contributed by atoms with Crippen LogP contribution in [0.2, 0.25) is 0 Å². The molecule has 0 bridgehead atoms. The van der Waals surface area contributed by atoms with E-state index in [4.69, 9.17) is 10.5 Å². The van der Waals surface area contributed by atoms with Crippen molar-refractivity contribution in [3.8, 4) is 0 Å². The highest BCUT2D eigenvalue weighted by atomic mass is 16.6. The molecule has 0 unspecified atom stereocenters. The Bertz CT molecular complexity index is 323. The topological polar surface area (TPSA) is 96.2 Å². The largest absolute Gasteiger partial charge is 0.380 e. The Morgan fingerprint density at radius 2 is 2.50 bits per heavy atom. The number of nitrogens with two attached hydrogens (primary N) is 1. The molecule has 1 aromatic heterocycles. The third kappa shape index (κ3) is 2.19. The lowest BCUT2D eigenvalue weighted by Gasteiger charge is -2.02. The van der Waals surface area contributed by atoms with E-state index in [9.17, 15) is 10.1 Å². The van der Waals surface area contributed by atoms with Crippen LogP contribution in [-0.2, 0) is 11.3 Å². The number of nitrogens with zero attached hydrogens (tertiary/aromatic N) is 3. The predicted molar refractivity (Wildman–Crippen MR) is 49.8 cm³/mol. The maximum Gasteiger partial charge on any atom is 0.330 e. The second-order valence-electron chi connectivity index (χ2n) is 2.59. The van der Waals surface area contributed by atoms with Crippen LogP contribution in [0.5, 0.6) is 0 Å². The summed E-state index contributed by atoms with van der Waals surface area (Å²) in [6, 6.07) is 0. The number of ether oxygens (including phenoxy) is 1. The third-order valence-corrected chi connectivity index (χ3v) is 1.71. The number of aromatic nitrogens is 2. The van der Waals surface area contributed by atoms with Crippen molar-refractivity contribution in [3.05, 3.63) is 16.3 Å². The fourth-order valence-electron chi connectivity index (χ4n) is 0.999. The molecule has 7 heteroatoms. The molecule has 0 aromatic carbocycles. The van der Waals surface area contributed by atoms with Crippen LogP contribution in [0.3, 0.4) is 0 Å². The summed E-state index contributed by atoms with van der Waals surface area (Å²) in [6.45, 7) is 3.34. The first-order chi connectivity index (χ1) is 6.66. The molecule has 0 aliphatic heterocycles. The quantitative estimate of drug-likeness (QED) is 0.422. The average molecular weight is 200 g/mol. The van der Waals surface area contributed by atoms with Crippen molar-refractivity contribution in [1.82, 2.24) is 9.78 Å². The van der Waals surface area contributed by atoms with E-state index in [-0.39, 0.29) is 11.5 Å². The Labute approximate surface area is 80.6 Å². The summed E-state index contributed by atoms with van der Waals surface area (Å²) in [7, 11) is 0. The first-order valence-corrected chi connectivity index (χ1v) is 4.20. The summed E-state index contributed by atoms with van der Waals surface area (Å²) in [5, 5.41) is 14.2. The van der Waals surface area contributed by atoms with Crippen molar-refractivity contribution in [2.75, 3.05) is 18.9 Å². The summed E-state index contributed by atoms with van der Waals surface area (Å²) in [4.78, 5) is 9.85. The summed E-state index contributed by atoms with van der Waals surface area (Å²) in [5.41, 5.74) is 5.32. The van der Waals surface area contributed by atoms with Crippen LogP contribution >= 0.6 is 0 Å². The van der Waals surface area contributed by atoms with Crippen LogP contribution < -0.4 is 5.73 Å². The highest BCUT2D eigenvalue weighted by molar-refractivity contribution is 5.51. The molecular weight excluding hydrogens is 188 g/mol. The van der Waals surface area contributed by atoms with E-state index in [2.05, 4.69) is 5.10 Å². The van der Waals surface area contributed by atoms with Gasteiger partial charge in [-0.05, 0) is 6.92 Å². The minimum absolute atomic E-state index is 0.0645. The Morgan fingerprint density at radius 1 is 1.79 bits per heavy atom. The number of hydrogen-bond acceptors (Lipinski definition) is 5. The summed E-state index contributed by atoms with van der Waals surface area (Å²) in [5.74, 6) is 0.0645. The first kappa shape index (κ1) is 10.5. The molecule has 2 N–H and O–H groups in total.